The zero-order valence-corrected chi connectivity index (χ0v) is 14.5. The first kappa shape index (κ1) is 17.4. The number of benzene rings is 2. The Labute approximate surface area is 151 Å². The molecule has 0 atom stereocenters. The number of anilines is 1. The second-order valence-corrected chi connectivity index (χ2v) is 5.42. The Hall–Kier alpha value is -3.41. The van der Waals surface area contributed by atoms with Gasteiger partial charge in [-0.25, -0.2) is 0 Å². The predicted octanol–water partition coefficient (Wildman–Crippen LogP) is 4.13. The predicted molar refractivity (Wildman–Crippen MR) is 97.0 cm³/mol. The topological polar surface area (TPSA) is 69.9 Å². The lowest BCUT2D eigenvalue weighted by Gasteiger charge is -2.06. The molecule has 1 heterocycles. The van der Waals surface area contributed by atoms with Crippen molar-refractivity contribution in [2.24, 2.45) is 0 Å². The number of methoxy groups -OCH3 is 2. The largest absolute Gasteiger partial charge is 0.497 e. The average molecular weight is 353 g/mol. The van der Waals surface area contributed by atoms with Gasteiger partial charge in [-0.2, -0.15) is 0 Å². The second-order valence-electron chi connectivity index (χ2n) is 5.42. The van der Waals surface area contributed by atoms with E-state index in [2.05, 4.69) is 5.32 Å². The normalized spacial score (nSPS) is 10.2. The maximum atomic E-state index is 12.3. The van der Waals surface area contributed by atoms with Crippen LogP contribution in [0, 0.1) is 0 Å². The molecular formula is C20H19NO5. The van der Waals surface area contributed by atoms with E-state index in [9.17, 15) is 4.79 Å². The highest BCUT2D eigenvalue weighted by molar-refractivity contribution is 6.02. The highest BCUT2D eigenvalue weighted by Gasteiger charge is 2.12. The standard InChI is InChI=1S/C20H19NO5/c1-23-15-6-8-16(9-7-15)25-13-18-10-11-19(26-18)20(22)21-14-4-3-5-17(12-14)24-2/h3-12H,13H2,1-2H3,(H,21,22). The van der Waals surface area contributed by atoms with Crippen molar-refractivity contribution in [1.82, 2.24) is 0 Å². The van der Waals surface area contributed by atoms with E-state index in [-0.39, 0.29) is 18.3 Å². The van der Waals surface area contributed by atoms with Gasteiger partial charge in [0.2, 0.25) is 0 Å². The number of rotatable bonds is 7. The highest BCUT2D eigenvalue weighted by atomic mass is 16.5. The molecular weight excluding hydrogens is 334 g/mol. The van der Waals surface area contributed by atoms with Crippen LogP contribution >= 0.6 is 0 Å². The van der Waals surface area contributed by atoms with Gasteiger partial charge in [-0.1, -0.05) is 6.07 Å². The summed E-state index contributed by atoms with van der Waals surface area (Å²) in [6.07, 6.45) is 0. The first-order valence-electron chi connectivity index (χ1n) is 7.99. The van der Waals surface area contributed by atoms with Gasteiger partial charge >= 0.3 is 0 Å². The summed E-state index contributed by atoms with van der Waals surface area (Å²) in [7, 11) is 3.18. The van der Waals surface area contributed by atoms with Crippen molar-refractivity contribution in [3.8, 4) is 17.2 Å². The van der Waals surface area contributed by atoms with Crippen molar-refractivity contribution in [2.45, 2.75) is 6.61 Å². The highest BCUT2D eigenvalue weighted by Crippen LogP contribution is 2.20. The fourth-order valence-electron chi connectivity index (χ4n) is 2.30. The fraction of sp³-hybridized carbons (Fsp3) is 0.150. The Morgan fingerprint density at radius 3 is 2.38 bits per heavy atom. The first-order valence-corrected chi connectivity index (χ1v) is 7.99. The first-order chi connectivity index (χ1) is 12.7. The van der Waals surface area contributed by atoms with Gasteiger partial charge < -0.3 is 23.9 Å². The van der Waals surface area contributed by atoms with Crippen molar-refractivity contribution in [3.05, 3.63) is 72.2 Å². The van der Waals surface area contributed by atoms with Crippen LogP contribution in [-0.4, -0.2) is 20.1 Å². The van der Waals surface area contributed by atoms with E-state index < -0.39 is 0 Å². The zero-order valence-electron chi connectivity index (χ0n) is 14.5. The summed E-state index contributed by atoms with van der Waals surface area (Å²) in [5, 5.41) is 2.77. The number of carbonyl (C=O) groups excluding carboxylic acids is 1. The van der Waals surface area contributed by atoms with Gasteiger partial charge in [-0.05, 0) is 48.5 Å². The molecule has 3 rings (SSSR count). The molecule has 134 valence electrons. The fourth-order valence-corrected chi connectivity index (χ4v) is 2.30. The monoisotopic (exact) mass is 353 g/mol. The lowest BCUT2D eigenvalue weighted by atomic mass is 10.3. The van der Waals surface area contributed by atoms with E-state index in [0.717, 1.165) is 5.75 Å². The minimum atomic E-state index is -0.339. The van der Waals surface area contributed by atoms with E-state index in [1.807, 2.05) is 12.1 Å². The second kappa shape index (κ2) is 8.11. The van der Waals surface area contributed by atoms with E-state index in [4.69, 9.17) is 18.6 Å². The van der Waals surface area contributed by atoms with Crippen LogP contribution in [0.2, 0.25) is 0 Å². The number of hydrogen-bond acceptors (Lipinski definition) is 5. The molecule has 1 amide bonds. The molecule has 6 nitrogen and oxygen atoms in total. The third-order valence-corrected chi connectivity index (χ3v) is 3.65. The molecule has 0 unspecified atom stereocenters. The van der Waals surface area contributed by atoms with Gasteiger partial charge in [0.05, 0.1) is 14.2 Å². The zero-order chi connectivity index (χ0) is 18.4. The van der Waals surface area contributed by atoms with Crippen molar-refractivity contribution < 1.29 is 23.4 Å². The molecule has 0 aliphatic heterocycles. The Morgan fingerprint density at radius 1 is 0.923 bits per heavy atom. The number of amides is 1. The third-order valence-electron chi connectivity index (χ3n) is 3.65. The van der Waals surface area contributed by atoms with E-state index in [1.165, 1.54) is 0 Å². The van der Waals surface area contributed by atoms with Crippen molar-refractivity contribution in [2.75, 3.05) is 19.5 Å². The maximum absolute atomic E-state index is 12.3. The lowest BCUT2D eigenvalue weighted by Crippen LogP contribution is -2.10. The SMILES string of the molecule is COc1ccc(OCc2ccc(C(=O)Nc3cccc(OC)c3)o2)cc1. The molecule has 3 aromatic rings. The van der Waals surface area contributed by atoms with Crippen LogP contribution in [0.3, 0.4) is 0 Å². The molecule has 0 bridgehead atoms. The van der Waals surface area contributed by atoms with Crippen molar-refractivity contribution in [3.63, 3.8) is 0 Å². The molecule has 1 N–H and O–H groups in total. The van der Waals surface area contributed by atoms with Crippen molar-refractivity contribution in [1.29, 1.82) is 0 Å². The summed E-state index contributed by atoms with van der Waals surface area (Å²) in [6, 6.07) is 17.7. The molecule has 26 heavy (non-hydrogen) atoms. The van der Waals surface area contributed by atoms with Gasteiger partial charge in [-0.3, -0.25) is 4.79 Å². The Morgan fingerprint density at radius 2 is 1.65 bits per heavy atom. The number of nitrogens with one attached hydrogen (secondary N) is 1. The summed E-state index contributed by atoms with van der Waals surface area (Å²) in [5.41, 5.74) is 0.627. The number of hydrogen-bond donors (Lipinski definition) is 1. The number of carbonyl (C=O) groups is 1. The van der Waals surface area contributed by atoms with Crippen molar-refractivity contribution >= 4 is 11.6 Å². The van der Waals surface area contributed by atoms with Crippen LogP contribution in [0.15, 0.2) is 65.1 Å². The van der Waals surface area contributed by atoms with Crippen LogP contribution in [0.1, 0.15) is 16.3 Å². The number of ether oxygens (including phenoxy) is 3. The molecule has 0 spiro atoms. The van der Waals surface area contributed by atoms with Crippen LogP contribution in [-0.2, 0) is 6.61 Å². The molecule has 0 radical (unpaired) electrons. The molecule has 0 fully saturated rings. The summed E-state index contributed by atoms with van der Waals surface area (Å²) < 4.78 is 21.4. The van der Waals surface area contributed by atoms with E-state index in [0.29, 0.717) is 22.9 Å². The Balaban J connectivity index is 1.58. The maximum Gasteiger partial charge on any atom is 0.291 e. The number of furan rings is 1. The minimum absolute atomic E-state index is 0.209. The summed E-state index contributed by atoms with van der Waals surface area (Å²) >= 11 is 0. The lowest BCUT2D eigenvalue weighted by molar-refractivity contribution is 0.0992. The molecule has 1 aromatic heterocycles. The molecule has 0 aliphatic carbocycles. The molecule has 0 saturated carbocycles. The average Bonchev–Trinajstić information content (AvgIpc) is 3.16. The smallest absolute Gasteiger partial charge is 0.291 e. The van der Waals surface area contributed by atoms with Gasteiger partial charge in [-0.15, -0.1) is 0 Å². The molecule has 2 aromatic carbocycles. The molecule has 6 heteroatoms. The van der Waals surface area contributed by atoms with Gasteiger partial charge in [0.25, 0.3) is 5.91 Å². The third kappa shape index (κ3) is 4.36. The van der Waals surface area contributed by atoms with Gasteiger partial charge in [0.1, 0.15) is 29.6 Å². The molecule has 0 saturated heterocycles. The molecule has 0 aliphatic rings. The van der Waals surface area contributed by atoms with Crippen LogP contribution in [0.25, 0.3) is 0 Å². The summed E-state index contributed by atoms with van der Waals surface area (Å²) in [5.74, 6) is 2.53. The Bertz CT molecular complexity index is 870. The Kier molecular flexibility index (Phi) is 5.43. The van der Waals surface area contributed by atoms with Gasteiger partial charge in [0.15, 0.2) is 5.76 Å². The van der Waals surface area contributed by atoms with E-state index >= 15 is 0 Å². The summed E-state index contributed by atoms with van der Waals surface area (Å²) in [4.78, 5) is 12.3. The quantitative estimate of drug-likeness (QED) is 0.692. The summed E-state index contributed by atoms with van der Waals surface area (Å²) in [6.45, 7) is 0.221. The van der Waals surface area contributed by atoms with Crippen LogP contribution in [0.4, 0.5) is 5.69 Å². The van der Waals surface area contributed by atoms with Crippen LogP contribution in [0.5, 0.6) is 17.2 Å². The van der Waals surface area contributed by atoms with Crippen LogP contribution < -0.4 is 19.5 Å². The van der Waals surface area contributed by atoms with Gasteiger partial charge in [0, 0.05) is 11.8 Å². The minimum Gasteiger partial charge on any atom is -0.497 e. The van der Waals surface area contributed by atoms with E-state index in [1.54, 1.807) is 62.8 Å².